The van der Waals surface area contributed by atoms with Crippen molar-refractivity contribution in [2.24, 2.45) is 5.73 Å². The van der Waals surface area contributed by atoms with Gasteiger partial charge in [0.05, 0.1) is 16.7 Å². The Labute approximate surface area is 302 Å². The van der Waals surface area contributed by atoms with Gasteiger partial charge in [-0.1, -0.05) is 60.5 Å². The number of rotatable bonds is 13. The van der Waals surface area contributed by atoms with Crippen molar-refractivity contribution in [2.75, 3.05) is 33.8 Å². The zero-order chi connectivity index (χ0) is 35.1. The summed E-state index contributed by atoms with van der Waals surface area (Å²) in [6.07, 6.45) is 7.86. The molecule has 0 unspecified atom stereocenters. The predicted molar refractivity (Wildman–Crippen MR) is 200 cm³/mol. The molecule has 2 aromatic heterocycles. The zero-order valence-corrected chi connectivity index (χ0v) is 30.0. The standard InChI is InChI=1S/C19H21ClN2O.C13H17ClN2O.C4H4O4.ClH/c1-22(2)11-10-15-12-21-16-8-9-17(19(20)18(15)16)23-13-14-6-4-3-5-7-14;1-2-7-17-11-4-3-10-12(13(11)14)9(5-6-15)8-16-10;5-3(6)1-2-4(7)8;/h3-9,12,21H,10-11,13H2,1-2H3;3-4,8,16H,2,5-7,15H2,1H3;1-2H,(H,5,6)(H,7,8);1H. The van der Waals surface area contributed by atoms with Crippen molar-refractivity contribution in [1.29, 1.82) is 0 Å². The van der Waals surface area contributed by atoms with Gasteiger partial charge in [-0.3, -0.25) is 0 Å². The Morgan fingerprint density at radius 3 is 1.80 bits per heavy atom. The summed E-state index contributed by atoms with van der Waals surface area (Å²) in [6.45, 7) is 4.87. The number of fused-ring (bicyclic) bond motifs is 2. The van der Waals surface area contributed by atoms with Crippen molar-refractivity contribution in [3.05, 3.63) is 106 Å². The first kappa shape index (κ1) is 41.0. The summed E-state index contributed by atoms with van der Waals surface area (Å²) in [4.78, 5) is 27.8. The van der Waals surface area contributed by atoms with Gasteiger partial charge in [0.1, 0.15) is 18.1 Å². The van der Waals surface area contributed by atoms with Crippen LogP contribution in [0.3, 0.4) is 0 Å². The van der Waals surface area contributed by atoms with Gasteiger partial charge < -0.3 is 40.3 Å². The van der Waals surface area contributed by atoms with E-state index in [-0.39, 0.29) is 12.4 Å². The second-order valence-electron chi connectivity index (χ2n) is 11.0. The van der Waals surface area contributed by atoms with E-state index in [4.69, 9.17) is 48.6 Å². The number of hydrogen-bond acceptors (Lipinski definition) is 6. The highest BCUT2D eigenvalue weighted by molar-refractivity contribution is 6.37. The number of nitrogens with two attached hydrogens (primary N) is 1. The zero-order valence-electron chi connectivity index (χ0n) is 27.7. The number of hydrogen-bond donors (Lipinski definition) is 5. The summed E-state index contributed by atoms with van der Waals surface area (Å²) in [5, 5.41) is 19.1. The third-order valence-corrected chi connectivity index (χ3v) is 7.72. The van der Waals surface area contributed by atoms with Crippen LogP contribution in [-0.4, -0.2) is 70.8 Å². The molecule has 10 nitrogen and oxygen atoms in total. The smallest absolute Gasteiger partial charge is 0.328 e. The number of carboxylic acid groups (broad SMARTS) is 2. The van der Waals surface area contributed by atoms with Gasteiger partial charge in [-0.2, -0.15) is 0 Å². The quantitative estimate of drug-likeness (QED) is 0.0770. The van der Waals surface area contributed by atoms with Crippen molar-refractivity contribution in [3.63, 3.8) is 0 Å². The molecule has 6 N–H and O–H groups in total. The number of aromatic nitrogens is 2. The number of likely N-dealkylation sites (N-methyl/N-ethyl adjacent to an activating group) is 1. The van der Waals surface area contributed by atoms with E-state index in [1.807, 2.05) is 67.0 Å². The number of aliphatic carboxylic acids is 2. The highest BCUT2D eigenvalue weighted by atomic mass is 35.5. The summed E-state index contributed by atoms with van der Waals surface area (Å²) < 4.78 is 11.5. The van der Waals surface area contributed by atoms with E-state index < -0.39 is 11.9 Å². The van der Waals surface area contributed by atoms with Gasteiger partial charge in [-0.05, 0) is 80.9 Å². The minimum absolute atomic E-state index is 0. The first-order valence-electron chi connectivity index (χ1n) is 15.4. The Balaban J connectivity index is 0.000000282. The highest BCUT2D eigenvalue weighted by Crippen LogP contribution is 2.36. The summed E-state index contributed by atoms with van der Waals surface area (Å²) in [5.74, 6) is -1.03. The van der Waals surface area contributed by atoms with Gasteiger partial charge in [0.25, 0.3) is 0 Å². The number of ether oxygens (including phenoxy) is 2. The predicted octanol–water partition coefficient (Wildman–Crippen LogP) is 7.75. The molecule has 0 aliphatic carbocycles. The first-order valence-corrected chi connectivity index (χ1v) is 16.2. The molecule has 0 aliphatic rings. The maximum Gasteiger partial charge on any atom is 0.328 e. The molecule has 5 aromatic rings. The molecule has 13 heteroatoms. The minimum Gasteiger partial charge on any atom is -0.492 e. The van der Waals surface area contributed by atoms with E-state index in [9.17, 15) is 9.59 Å². The average molecular weight is 734 g/mol. The fourth-order valence-electron chi connectivity index (χ4n) is 4.66. The average Bonchev–Trinajstić information content (AvgIpc) is 3.68. The second-order valence-corrected chi connectivity index (χ2v) is 11.7. The lowest BCUT2D eigenvalue weighted by Gasteiger charge is -2.11. The molecule has 0 amide bonds. The van der Waals surface area contributed by atoms with Gasteiger partial charge >= 0.3 is 11.9 Å². The molecule has 0 spiro atoms. The van der Waals surface area contributed by atoms with Crippen LogP contribution in [-0.2, 0) is 29.0 Å². The van der Waals surface area contributed by atoms with E-state index >= 15 is 0 Å². The lowest BCUT2D eigenvalue weighted by molar-refractivity contribution is -0.134. The third-order valence-electron chi connectivity index (χ3n) is 6.97. The maximum atomic E-state index is 9.55. The highest BCUT2D eigenvalue weighted by Gasteiger charge is 2.14. The number of aromatic amines is 2. The van der Waals surface area contributed by atoms with Crippen molar-refractivity contribution in [3.8, 4) is 11.5 Å². The number of nitrogens with one attached hydrogen (secondary N) is 2. The fraction of sp³-hybridized carbons (Fsp3) is 0.278. The molecule has 3 aromatic carbocycles. The summed E-state index contributed by atoms with van der Waals surface area (Å²) in [6, 6.07) is 18.0. The molecule has 0 saturated carbocycles. The second kappa shape index (κ2) is 21.0. The normalized spacial score (nSPS) is 10.7. The van der Waals surface area contributed by atoms with E-state index in [0.717, 1.165) is 70.2 Å². The van der Waals surface area contributed by atoms with Gasteiger partial charge in [0.2, 0.25) is 0 Å². The molecule has 2 heterocycles. The van der Waals surface area contributed by atoms with Gasteiger partial charge in [0, 0.05) is 52.9 Å². The van der Waals surface area contributed by atoms with Crippen molar-refractivity contribution in [1.82, 2.24) is 14.9 Å². The summed E-state index contributed by atoms with van der Waals surface area (Å²) >= 11 is 13.0. The SMILES string of the molecule is CCCOc1ccc2[nH]cc(CCN)c2c1Cl.CN(C)CCc1c[nH]c2ccc(OCc3ccccc3)c(Cl)c12.Cl.O=C(O)C=CC(=O)O. The monoisotopic (exact) mass is 732 g/mol. The molecule has 264 valence electrons. The van der Waals surface area contributed by atoms with Crippen LogP contribution >= 0.6 is 35.6 Å². The van der Waals surface area contributed by atoms with Gasteiger partial charge in [0.15, 0.2) is 0 Å². The third kappa shape index (κ3) is 12.6. The summed E-state index contributed by atoms with van der Waals surface area (Å²) in [5.41, 5.74) is 11.2. The molecule has 0 radical (unpaired) electrons. The fourth-order valence-corrected chi connectivity index (χ4v) is 5.34. The number of halogens is 3. The Morgan fingerprint density at radius 1 is 0.816 bits per heavy atom. The molecule has 0 aliphatic heterocycles. The Morgan fingerprint density at radius 2 is 1.33 bits per heavy atom. The van der Waals surface area contributed by atoms with E-state index in [1.54, 1.807) is 0 Å². The van der Waals surface area contributed by atoms with Crippen molar-refractivity contribution < 1.29 is 29.3 Å². The topological polar surface area (TPSA) is 154 Å². The number of nitrogens with zero attached hydrogens (tertiary/aromatic N) is 1. The molecule has 49 heavy (non-hydrogen) atoms. The Hall–Kier alpha value is -4.19. The molecule has 5 rings (SSSR count). The van der Waals surface area contributed by atoms with Crippen LogP contribution in [0.1, 0.15) is 30.0 Å². The Bertz CT molecular complexity index is 1790. The van der Waals surface area contributed by atoms with Crippen LogP contribution in [0.2, 0.25) is 10.0 Å². The van der Waals surface area contributed by atoms with E-state index in [2.05, 4.69) is 35.9 Å². The number of carboxylic acids is 2. The van der Waals surface area contributed by atoms with Crippen LogP contribution in [0.4, 0.5) is 0 Å². The van der Waals surface area contributed by atoms with Gasteiger partial charge in [-0.15, -0.1) is 12.4 Å². The number of H-pyrrole nitrogens is 2. The molecule has 0 saturated heterocycles. The van der Waals surface area contributed by atoms with Crippen LogP contribution in [0.5, 0.6) is 11.5 Å². The largest absolute Gasteiger partial charge is 0.492 e. The molecule has 0 atom stereocenters. The van der Waals surface area contributed by atoms with Crippen LogP contribution in [0.15, 0.2) is 79.1 Å². The van der Waals surface area contributed by atoms with Crippen LogP contribution in [0, 0.1) is 0 Å². The number of carbonyl (C=O) groups is 2. The van der Waals surface area contributed by atoms with Crippen molar-refractivity contribution in [2.45, 2.75) is 32.8 Å². The molecule has 0 fully saturated rings. The lowest BCUT2D eigenvalue weighted by atomic mass is 10.1. The van der Waals surface area contributed by atoms with Gasteiger partial charge in [-0.25, -0.2) is 9.59 Å². The van der Waals surface area contributed by atoms with Crippen LogP contribution < -0.4 is 15.2 Å². The van der Waals surface area contributed by atoms with E-state index in [1.165, 1.54) is 5.56 Å². The Kier molecular flexibility index (Phi) is 17.6. The maximum absolute atomic E-state index is 9.55. The molecule has 0 bridgehead atoms. The molecular weight excluding hydrogens is 691 g/mol. The lowest BCUT2D eigenvalue weighted by Crippen LogP contribution is -2.14. The van der Waals surface area contributed by atoms with E-state index in [0.29, 0.717) is 42.0 Å². The first-order chi connectivity index (χ1) is 23.0. The minimum atomic E-state index is -1.26. The van der Waals surface area contributed by atoms with Crippen LogP contribution in [0.25, 0.3) is 21.8 Å². The molecular formula is C36H43Cl3N4O6. The number of benzene rings is 3. The summed E-state index contributed by atoms with van der Waals surface area (Å²) in [7, 11) is 4.15. The van der Waals surface area contributed by atoms with Crippen molar-refractivity contribution >= 4 is 69.4 Å².